The highest BCUT2D eigenvalue weighted by Gasteiger charge is 2.12. The van der Waals surface area contributed by atoms with E-state index in [0.29, 0.717) is 11.6 Å². The third-order valence-corrected chi connectivity index (χ3v) is 3.39. The number of hydrogen-bond donors (Lipinski definition) is 0. The number of aldehydes is 1. The van der Waals surface area contributed by atoms with Gasteiger partial charge in [0.1, 0.15) is 5.69 Å². The maximum atomic E-state index is 11.1. The van der Waals surface area contributed by atoms with E-state index in [1.165, 1.54) is 5.56 Å². The summed E-state index contributed by atoms with van der Waals surface area (Å²) in [6, 6.07) is 10.3. The lowest BCUT2D eigenvalue weighted by Gasteiger charge is -2.08. The molecule has 0 fully saturated rings. The number of nitrogens with zero attached hydrogens (tertiary/aromatic N) is 3. The number of carbonyl (C=O) groups excluding carboxylic acids is 1. The molecule has 20 heavy (non-hydrogen) atoms. The Morgan fingerprint density at radius 3 is 2.60 bits per heavy atom. The summed E-state index contributed by atoms with van der Waals surface area (Å²) >= 11 is 0. The molecule has 4 nitrogen and oxygen atoms in total. The summed E-state index contributed by atoms with van der Waals surface area (Å²) < 4.78 is 1.88. The largest absolute Gasteiger partial charge is 0.296 e. The van der Waals surface area contributed by atoms with Gasteiger partial charge in [0, 0.05) is 6.54 Å². The highest BCUT2D eigenvalue weighted by molar-refractivity contribution is 5.73. The van der Waals surface area contributed by atoms with Crippen LogP contribution in [-0.2, 0) is 19.4 Å². The number of carbonyl (C=O) groups is 1. The lowest BCUT2D eigenvalue weighted by Crippen LogP contribution is -2.09. The topological polar surface area (TPSA) is 47.8 Å². The van der Waals surface area contributed by atoms with Crippen molar-refractivity contribution in [3.63, 3.8) is 0 Å². The molecule has 0 aliphatic rings. The van der Waals surface area contributed by atoms with E-state index >= 15 is 0 Å². The quantitative estimate of drug-likeness (QED) is 0.727. The van der Waals surface area contributed by atoms with E-state index in [-0.39, 0.29) is 0 Å². The van der Waals surface area contributed by atoms with Gasteiger partial charge in [-0.1, -0.05) is 49.4 Å². The number of benzene rings is 1. The van der Waals surface area contributed by atoms with Gasteiger partial charge in [0.05, 0.1) is 5.69 Å². The normalized spacial score (nSPS) is 10.9. The second-order valence-corrected chi connectivity index (χ2v) is 5.43. The zero-order chi connectivity index (χ0) is 14.4. The van der Waals surface area contributed by atoms with Crippen LogP contribution in [0.15, 0.2) is 30.3 Å². The molecule has 106 valence electrons. The van der Waals surface area contributed by atoms with E-state index in [2.05, 4.69) is 36.3 Å². The second-order valence-electron chi connectivity index (χ2n) is 5.43. The van der Waals surface area contributed by atoms with Gasteiger partial charge in [-0.05, 0) is 30.7 Å². The van der Waals surface area contributed by atoms with Crippen LogP contribution in [0.5, 0.6) is 0 Å². The van der Waals surface area contributed by atoms with Crippen molar-refractivity contribution in [3.05, 3.63) is 47.3 Å². The summed E-state index contributed by atoms with van der Waals surface area (Å²) in [7, 11) is 0. The van der Waals surface area contributed by atoms with E-state index in [4.69, 9.17) is 0 Å². The molecule has 0 amide bonds. The van der Waals surface area contributed by atoms with Gasteiger partial charge in [-0.3, -0.25) is 4.79 Å². The third kappa shape index (κ3) is 3.76. The molecular weight excluding hydrogens is 250 g/mol. The maximum absolute atomic E-state index is 11.1. The Bertz CT molecular complexity index is 546. The van der Waals surface area contributed by atoms with Crippen LogP contribution < -0.4 is 0 Å². The fourth-order valence-corrected chi connectivity index (χ4v) is 2.16. The summed E-state index contributed by atoms with van der Waals surface area (Å²) in [4.78, 5) is 11.1. The Kier molecular flexibility index (Phi) is 5.04. The molecule has 0 spiro atoms. The Morgan fingerprint density at radius 1 is 1.20 bits per heavy atom. The minimum absolute atomic E-state index is 0.477. The Labute approximate surface area is 119 Å². The van der Waals surface area contributed by atoms with E-state index in [0.717, 1.165) is 37.8 Å². The molecule has 2 rings (SSSR count). The standard InChI is InChI=1S/C16H21N3O/c1-13(2)10-11-19-16(15(12-20)17-18-19)9-8-14-6-4-3-5-7-14/h3-7,12-13H,8-11H2,1-2H3. The SMILES string of the molecule is CC(C)CCn1nnc(C=O)c1CCc1ccccc1. The van der Waals surface area contributed by atoms with Crippen LogP contribution in [0.25, 0.3) is 0 Å². The van der Waals surface area contributed by atoms with Crippen molar-refractivity contribution < 1.29 is 4.79 Å². The van der Waals surface area contributed by atoms with Crippen LogP contribution in [0.4, 0.5) is 0 Å². The highest BCUT2D eigenvalue weighted by atomic mass is 16.1. The smallest absolute Gasteiger partial charge is 0.172 e. The first kappa shape index (κ1) is 14.4. The molecule has 0 saturated carbocycles. The van der Waals surface area contributed by atoms with Crippen molar-refractivity contribution in [3.8, 4) is 0 Å². The molecular formula is C16H21N3O. The lowest BCUT2D eigenvalue weighted by molar-refractivity contribution is 0.111. The molecule has 1 heterocycles. The molecule has 0 radical (unpaired) electrons. The first-order chi connectivity index (χ1) is 9.70. The Morgan fingerprint density at radius 2 is 1.95 bits per heavy atom. The lowest BCUT2D eigenvalue weighted by atomic mass is 10.1. The van der Waals surface area contributed by atoms with Crippen LogP contribution in [0.2, 0.25) is 0 Å². The van der Waals surface area contributed by atoms with E-state index in [1.54, 1.807) is 0 Å². The van der Waals surface area contributed by atoms with Crippen LogP contribution in [0, 0.1) is 5.92 Å². The first-order valence-corrected chi connectivity index (χ1v) is 7.12. The molecule has 0 unspecified atom stereocenters. The van der Waals surface area contributed by atoms with Gasteiger partial charge < -0.3 is 0 Å². The molecule has 1 aromatic carbocycles. The summed E-state index contributed by atoms with van der Waals surface area (Å²) in [5.74, 6) is 0.612. The Hall–Kier alpha value is -1.97. The van der Waals surface area contributed by atoms with Gasteiger partial charge in [-0.2, -0.15) is 0 Å². The zero-order valence-corrected chi connectivity index (χ0v) is 12.1. The van der Waals surface area contributed by atoms with E-state index in [1.807, 2.05) is 22.9 Å². The third-order valence-electron chi connectivity index (χ3n) is 3.39. The maximum Gasteiger partial charge on any atom is 0.172 e. The molecule has 0 saturated heterocycles. The van der Waals surface area contributed by atoms with Crippen LogP contribution >= 0.6 is 0 Å². The first-order valence-electron chi connectivity index (χ1n) is 7.12. The molecule has 0 bridgehead atoms. The molecule has 0 aliphatic carbocycles. The van der Waals surface area contributed by atoms with Crippen molar-refractivity contribution in [1.29, 1.82) is 0 Å². The van der Waals surface area contributed by atoms with Crippen molar-refractivity contribution >= 4 is 6.29 Å². The molecule has 1 aromatic heterocycles. The monoisotopic (exact) mass is 271 g/mol. The molecule has 0 N–H and O–H groups in total. The second kappa shape index (κ2) is 6.98. The van der Waals surface area contributed by atoms with Gasteiger partial charge >= 0.3 is 0 Å². The van der Waals surface area contributed by atoms with Crippen molar-refractivity contribution in [2.24, 2.45) is 5.92 Å². The predicted octanol–water partition coefficient (Wildman–Crippen LogP) is 2.92. The van der Waals surface area contributed by atoms with Crippen LogP contribution in [0.1, 0.15) is 42.0 Å². The van der Waals surface area contributed by atoms with Crippen molar-refractivity contribution in [2.75, 3.05) is 0 Å². The highest BCUT2D eigenvalue weighted by Crippen LogP contribution is 2.11. The van der Waals surface area contributed by atoms with Gasteiger partial charge in [0.15, 0.2) is 6.29 Å². The molecule has 0 atom stereocenters. The summed E-state index contributed by atoms with van der Waals surface area (Å²) in [6.45, 7) is 5.19. The van der Waals surface area contributed by atoms with Crippen molar-refractivity contribution in [2.45, 2.75) is 39.7 Å². The minimum Gasteiger partial charge on any atom is -0.296 e. The summed E-state index contributed by atoms with van der Waals surface area (Å²) in [5.41, 5.74) is 2.69. The van der Waals surface area contributed by atoms with Gasteiger partial charge in [-0.25, -0.2) is 4.68 Å². The number of aromatic nitrogens is 3. The number of hydrogen-bond acceptors (Lipinski definition) is 3. The Balaban J connectivity index is 2.08. The summed E-state index contributed by atoms with van der Waals surface area (Å²) in [6.07, 6.45) is 3.54. The van der Waals surface area contributed by atoms with Gasteiger partial charge in [0.25, 0.3) is 0 Å². The van der Waals surface area contributed by atoms with Crippen LogP contribution in [0.3, 0.4) is 0 Å². The molecule has 2 aromatic rings. The van der Waals surface area contributed by atoms with Gasteiger partial charge in [0.2, 0.25) is 0 Å². The minimum atomic E-state index is 0.477. The van der Waals surface area contributed by atoms with Crippen LogP contribution in [-0.4, -0.2) is 21.3 Å². The fourth-order valence-electron chi connectivity index (χ4n) is 2.16. The van der Waals surface area contributed by atoms with E-state index < -0.39 is 0 Å². The molecule has 4 heteroatoms. The van der Waals surface area contributed by atoms with Crippen molar-refractivity contribution in [1.82, 2.24) is 15.0 Å². The van der Waals surface area contributed by atoms with Gasteiger partial charge in [-0.15, -0.1) is 5.10 Å². The van der Waals surface area contributed by atoms with E-state index in [9.17, 15) is 4.79 Å². The fraction of sp³-hybridized carbons (Fsp3) is 0.438. The average molecular weight is 271 g/mol. The molecule has 0 aliphatic heterocycles. The number of rotatable bonds is 7. The number of aryl methyl sites for hydroxylation is 2. The summed E-state index contributed by atoms with van der Waals surface area (Å²) in [5, 5.41) is 8.08. The average Bonchev–Trinajstić information content (AvgIpc) is 2.86. The zero-order valence-electron chi connectivity index (χ0n) is 12.1. The predicted molar refractivity (Wildman–Crippen MR) is 78.7 cm³/mol.